The predicted molar refractivity (Wildman–Crippen MR) is 133 cm³/mol. The standard InChI is InChI=1S/C17H28FN5.C9H11N/c1-4-7-19-12-16-13-23(14-20-16)17(6-5-15(2)18)22-10-8-21(3)9-11-22;1-2-6-9-8(4-1)5-3-7-10-9/h5-6,13-14,19H,4,7-12H2,1-3H3;3,5,7H,1-2,4,6H2/b15-5+,17-6-;. The molecule has 1 aliphatic carbocycles. The summed E-state index contributed by atoms with van der Waals surface area (Å²) in [5.41, 5.74) is 3.79. The second-order valence-corrected chi connectivity index (χ2v) is 8.83. The van der Waals surface area contributed by atoms with Gasteiger partial charge in [0.1, 0.15) is 12.1 Å². The van der Waals surface area contributed by atoms with Crippen molar-refractivity contribution in [2.24, 2.45) is 0 Å². The van der Waals surface area contributed by atoms with Crippen molar-refractivity contribution in [3.05, 3.63) is 65.8 Å². The van der Waals surface area contributed by atoms with Crippen LogP contribution in [0.2, 0.25) is 0 Å². The average Bonchev–Trinajstić information content (AvgIpc) is 3.29. The van der Waals surface area contributed by atoms with Crippen molar-refractivity contribution in [1.82, 2.24) is 29.7 Å². The fourth-order valence-electron chi connectivity index (χ4n) is 4.08. The molecular weight excluding hydrogens is 415 g/mol. The van der Waals surface area contributed by atoms with Crippen molar-refractivity contribution >= 4 is 5.82 Å². The first kappa shape index (κ1) is 25.1. The van der Waals surface area contributed by atoms with E-state index in [1.807, 2.05) is 35.4 Å². The first-order chi connectivity index (χ1) is 16.1. The monoisotopic (exact) mass is 454 g/mol. The Bertz CT molecular complexity index is 882. The Kier molecular flexibility index (Phi) is 10.1. The molecule has 0 amide bonds. The minimum atomic E-state index is -0.193. The van der Waals surface area contributed by atoms with Crippen molar-refractivity contribution < 1.29 is 4.39 Å². The lowest BCUT2D eigenvalue weighted by molar-refractivity contribution is 0.202. The number of nitrogens with one attached hydrogen (secondary N) is 1. The van der Waals surface area contributed by atoms with Gasteiger partial charge in [0.15, 0.2) is 0 Å². The van der Waals surface area contributed by atoms with E-state index in [2.05, 4.69) is 45.1 Å². The van der Waals surface area contributed by atoms with Gasteiger partial charge in [-0.05, 0) is 76.4 Å². The van der Waals surface area contributed by atoms with Crippen molar-refractivity contribution in [1.29, 1.82) is 0 Å². The molecule has 2 aromatic heterocycles. The molecule has 0 atom stereocenters. The largest absolute Gasteiger partial charge is 0.355 e. The van der Waals surface area contributed by atoms with Gasteiger partial charge < -0.3 is 15.1 Å². The number of rotatable bonds is 7. The van der Waals surface area contributed by atoms with Crippen LogP contribution in [0.25, 0.3) is 5.82 Å². The van der Waals surface area contributed by atoms with Gasteiger partial charge in [-0.1, -0.05) is 13.0 Å². The quantitative estimate of drug-likeness (QED) is 0.500. The van der Waals surface area contributed by atoms with Crippen LogP contribution in [-0.2, 0) is 19.4 Å². The number of pyridine rings is 1. The number of piperazine rings is 1. The normalized spacial score (nSPS) is 17.4. The molecule has 1 N–H and O–H groups in total. The smallest absolute Gasteiger partial charge is 0.114 e. The van der Waals surface area contributed by atoms with Gasteiger partial charge in [0.25, 0.3) is 0 Å². The van der Waals surface area contributed by atoms with E-state index in [-0.39, 0.29) is 5.83 Å². The Morgan fingerprint density at radius 1 is 1.12 bits per heavy atom. The van der Waals surface area contributed by atoms with Crippen molar-refractivity contribution in [2.75, 3.05) is 39.8 Å². The molecule has 0 saturated carbocycles. The Hall–Kier alpha value is -2.51. The Morgan fingerprint density at radius 2 is 1.91 bits per heavy atom. The first-order valence-electron chi connectivity index (χ1n) is 12.2. The number of fused-ring (bicyclic) bond motifs is 1. The van der Waals surface area contributed by atoms with Gasteiger partial charge in [0, 0.05) is 50.8 Å². The lowest BCUT2D eigenvalue weighted by Gasteiger charge is -2.35. The highest BCUT2D eigenvalue weighted by atomic mass is 19.1. The molecule has 4 rings (SSSR count). The van der Waals surface area contributed by atoms with E-state index in [9.17, 15) is 4.39 Å². The van der Waals surface area contributed by atoms with Gasteiger partial charge >= 0.3 is 0 Å². The van der Waals surface area contributed by atoms with E-state index in [0.29, 0.717) is 0 Å². The number of halogens is 1. The van der Waals surface area contributed by atoms with Crippen LogP contribution in [0, 0.1) is 0 Å². The summed E-state index contributed by atoms with van der Waals surface area (Å²) < 4.78 is 15.2. The molecule has 6 nitrogen and oxygen atoms in total. The molecule has 0 unspecified atom stereocenters. The maximum atomic E-state index is 13.2. The molecule has 1 saturated heterocycles. The molecule has 1 aliphatic heterocycles. The lowest BCUT2D eigenvalue weighted by atomic mass is 9.96. The van der Waals surface area contributed by atoms with Crippen LogP contribution in [0.1, 0.15) is 50.1 Å². The molecule has 1 fully saturated rings. The summed E-state index contributed by atoms with van der Waals surface area (Å²) in [6.07, 6.45) is 15.3. The van der Waals surface area contributed by atoms with Gasteiger partial charge in [-0.15, -0.1) is 0 Å². The second kappa shape index (κ2) is 13.3. The number of nitrogens with zero attached hydrogens (tertiary/aromatic N) is 5. The third-order valence-corrected chi connectivity index (χ3v) is 6.02. The van der Waals surface area contributed by atoms with Crippen LogP contribution in [-0.4, -0.2) is 64.1 Å². The van der Waals surface area contributed by atoms with E-state index >= 15 is 0 Å². The summed E-state index contributed by atoms with van der Waals surface area (Å²) in [6, 6.07) is 4.23. The Labute approximate surface area is 198 Å². The summed E-state index contributed by atoms with van der Waals surface area (Å²) in [5.74, 6) is 0.783. The minimum Gasteiger partial charge on any atom is -0.355 e. The van der Waals surface area contributed by atoms with E-state index in [1.54, 1.807) is 0 Å². The summed E-state index contributed by atoms with van der Waals surface area (Å²) in [5, 5.41) is 3.35. The molecular formula is C26H39FN6. The van der Waals surface area contributed by atoms with E-state index in [0.717, 1.165) is 57.2 Å². The number of aromatic nitrogens is 3. The maximum Gasteiger partial charge on any atom is 0.114 e. The number of hydrogen-bond donors (Lipinski definition) is 1. The molecule has 2 aromatic rings. The number of allylic oxidation sites excluding steroid dienone is 3. The van der Waals surface area contributed by atoms with Crippen LogP contribution in [0.15, 0.2) is 48.8 Å². The number of hydrogen-bond acceptors (Lipinski definition) is 5. The number of imidazole rings is 1. The Morgan fingerprint density at radius 3 is 2.64 bits per heavy atom. The predicted octanol–water partition coefficient (Wildman–Crippen LogP) is 4.26. The summed E-state index contributed by atoms with van der Waals surface area (Å²) in [6.45, 7) is 9.24. The molecule has 33 heavy (non-hydrogen) atoms. The average molecular weight is 455 g/mol. The second-order valence-electron chi connectivity index (χ2n) is 8.83. The Balaban J connectivity index is 0.000000252. The van der Waals surface area contributed by atoms with Crippen molar-refractivity contribution in [2.45, 2.75) is 52.5 Å². The lowest BCUT2D eigenvalue weighted by Crippen LogP contribution is -2.44. The van der Waals surface area contributed by atoms with E-state index < -0.39 is 0 Å². The highest BCUT2D eigenvalue weighted by Crippen LogP contribution is 2.18. The first-order valence-corrected chi connectivity index (χ1v) is 12.2. The number of aryl methyl sites for hydroxylation is 2. The van der Waals surface area contributed by atoms with E-state index in [1.165, 1.54) is 49.9 Å². The van der Waals surface area contributed by atoms with Crippen LogP contribution in [0.4, 0.5) is 4.39 Å². The maximum absolute atomic E-state index is 13.2. The van der Waals surface area contributed by atoms with Crippen molar-refractivity contribution in [3.8, 4) is 0 Å². The molecule has 2 aliphatic rings. The topological polar surface area (TPSA) is 49.2 Å². The molecule has 3 heterocycles. The number of likely N-dealkylation sites (N-methyl/N-ethyl adjacent to an activating group) is 1. The minimum absolute atomic E-state index is 0.193. The molecule has 0 radical (unpaired) electrons. The highest BCUT2D eigenvalue weighted by molar-refractivity contribution is 5.47. The van der Waals surface area contributed by atoms with Gasteiger partial charge in [0.05, 0.1) is 11.5 Å². The van der Waals surface area contributed by atoms with Gasteiger partial charge in [-0.2, -0.15) is 0 Å². The molecule has 0 spiro atoms. The summed E-state index contributed by atoms with van der Waals surface area (Å²) >= 11 is 0. The van der Waals surface area contributed by atoms with Crippen molar-refractivity contribution in [3.63, 3.8) is 0 Å². The van der Waals surface area contributed by atoms with Gasteiger partial charge in [0.2, 0.25) is 0 Å². The summed E-state index contributed by atoms with van der Waals surface area (Å²) in [4.78, 5) is 13.4. The zero-order valence-electron chi connectivity index (χ0n) is 20.4. The van der Waals surface area contributed by atoms with Crippen LogP contribution < -0.4 is 5.32 Å². The fraction of sp³-hybridized carbons (Fsp3) is 0.538. The molecule has 0 bridgehead atoms. The molecule has 180 valence electrons. The van der Waals surface area contributed by atoms with Crippen LogP contribution >= 0.6 is 0 Å². The fourth-order valence-corrected chi connectivity index (χ4v) is 4.08. The molecule has 7 heteroatoms. The van der Waals surface area contributed by atoms with Gasteiger partial charge in [-0.3, -0.25) is 9.55 Å². The zero-order chi connectivity index (χ0) is 23.5. The van der Waals surface area contributed by atoms with Crippen LogP contribution in [0.5, 0.6) is 0 Å². The molecule has 0 aromatic carbocycles. The SMILES string of the molecule is CCCNCc1cn(/C(=C\C=C(/C)F)N2CCN(C)CC2)cn1.c1cnc2c(c1)CCCC2. The zero-order valence-corrected chi connectivity index (χ0v) is 20.4. The van der Waals surface area contributed by atoms with Crippen LogP contribution in [0.3, 0.4) is 0 Å². The third-order valence-electron chi connectivity index (χ3n) is 6.02. The third kappa shape index (κ3) is 8.09. The van der Waals surface area contributed by atoms with E-state index in [4.69, 9.17) is 0 Å². The summed E-state index contributed by atoms with van der Waals surface area (Å²) in [7, 11) is 2.13. The van der Waals surface area contributed by atoms with Gasteiger partial charge in [-0.25, -0.2) is 9.37 Å². The highest BCUT2D eigenvalue weighted by Gasteiger charge is 2.17.